The number of hydrogen-bond donors (Lipinski definition) is 0. The molecule has 0 aromatic rings. The van der Waals surface area contributed by atoms with Crippen molar-refractivity contribution < 1.29 is 4.79 Å². The lowest BCUT2D eigenvalue weighted by molar-refractivity contribution is -0.135. The highest BCUT2D eigenvalue weighted by Gasteiger charge is 2.57. The number of piperidine rings is 1. The maximum absolute atomic E-state index is 12.3. The third-order valence-electron chi connectivity index (χ3n) is 4.74. The molecule has 0 aromatic heterocycles. The minimum atomic E-state index is 0.405. The Hall–Kier alpha value is -0.240. The number of carbonyl (C=O) groups excluding carboxylic acids is 1. The average molecular weight is 242 g/mol. The fourth-order valence-electron chi connectivity index (χ4n) is 3.79. The van der Waals surface area contributed by atoms with E-state index in [2.05, 4.69) is 4.90 Å². The highest BCUT2D eigenvalue weighted by atomic mass is 35.5. The van der Waals surface area contributed by atoms with Gasteiger partial charge in [-0.3, -0.25) is 4.79 Å². The van der Waals surface area contributed by atoms with Gasteiger partial charge >= 0.3 is 0 Å². The molecule has 3 aliphatic rings. The summed E-state index contributed by atoms with van der Waals surface area (Å²) in [5, 5.41) is 0. The van der Waals surface area contributed by atoms with Crippen LogP contribution in [0.5, 0.6) is 0 Å². The van der Waals surface area contributed by atoms with Crippen LogP contribution in [-0.2, 0) is 4.79 Å². The maximum Gasteiger partial charge on any atom is 0.226 e. The van der Waals surface area contributed by atoms with Gasteiger partial charge < -0.3 is 4.90 Å². The van der Waals surface area contributed by atoms with Gasteiger partial charge in [0.2, 0.25) is 5.91 Å². The molecule has 0 N–H and O–H groups in total. The molecule has 0 spiro atoms. The zero-order valence-electron chi connectivity index (χ0n) is 9.70. The molecule has 0 radical (unpaired) electrons. The second-order valence-electron chi connectivity index (χ2n) is 5.73. The molecule has 3 atom stereocenters. The molecule has 2 aliphatic carbocycles. The molecular formula is C13H20ClNO. The maximum atomic E-state index is 12.3. The second-order valence-corrected chi connectivity index (χ2v) is 6.04. The van der Waals surface area contributed by atoms with Crippen LogP contribution in [0.2, 0.25) is 0 Å². The van der Waals surface area contributed by atoms with E-state index >= 15 is 0 Å². The van der Waals surface area contributed by atoms with Gasteiger partial charge in [-0.1, -0.05) is 6.42 Å². The molecule has 3 heteroatoms. The number of nitrogens with zero attached hydrogens (tertiary/aromatic N) is 1. The Bertz CT molecular complexity index is 284. The van der Waals surface area contributed by atoms with Crippen molar-refractivity contribution in [3.05, 3.63) is 0 Å². The number of hydrogen-bond acceptors (Lipinski definition) is 1. The quantitative estimate of drug-likeness (QED) is 0.681. The van der Waals surface area contributed by atoms with Crippen molar-refractivity contribution in [3.63, 3.8) is 0 Å². The predicted molar refractivity (Wildman–Crippen MR) is 64.3 cm³/mol. The minimum Gasteiger partial charge on any atom is -0.342 e. The van der Waals surface area contributed by atoms with Crippen LogP contribution in [0, 0.1) is 23.7 Å². The summed E-state index contributed by atoms with van der Waals surface area (Å²) in [7, 11) is 0. The van der Waals surface area contributed by atoms with Crippen LogP contribution in [0.1, 0.15) is 32.1 Å². The van der Waals surface area contributed by atoms with Crippen molar-refractivity contribution in [2.75, 3.05) is 19.0 Å². The first-order valence-electron chi connectivity index (χ1n) is 6.66. The Morgan fingerprint density at radius 3 is 2.62 bits per heavy atom. The van der Waals surface area contributed by atoms with E-state index in [-0.39, 0.29) is 0 Å². The van der Waals surface area contributed by atoms with Crippen molar-refractivity contribution in [1.29, 1.82) is 0 Å². The van der Waals surface area contributed by atoms with Crippen molar-refractivity contribution in [2.45, 2.75) is 32.1 Å². The zero-order valence-corrected chi connectivity index (χ0v) is 10.5. The van der Waals surface area contributed by atoms with Crippen LogP contribution < -0.4 is 0 Å². The molecule has 16 heavy (non-hydrogen) atoms. The number of fused-ring (bicyclic) bond motifs is 1. The van der Waals surface area contributed by atoms with Crippen molar-refractivity contribution >= 4 is 17.5 Å². The third-order valence-corrected chi connectivity index (χ3v) is 5.18. The Morgan fingerprint density at radius 2 is 1.94 bits per heavy atom. The van der Waals surface area contributed by atoms with Crippen LogP contribution in [-0.4, -0.2) is 29.8 Å². The largest absolute Gasteiger partial charge is 0.342 e. The molecule has 3 fully saturated rings. The minimum absolute atomic E-state index is 0.405. The number of halogens is 1. The summed E-state index contributed by atoms with van der Waals surface area (Å²) in [5.74, 6) is 3.61. The molecule has 1 heterocycles. The highest BCUT2D eigenvalue weighted by Crippen LogP contribution is 2.58. The number of alkyl halides is 1. The third kappa shape index (κ3) is 1.75. The summed E-state index contributed by atoms with van der Waals surface area (Å²) in [5.41, 5.74) is 0. The molecule has 2 nitrogen and oxygen atoms in total. The zero-order chi connectivity index (χ0) is 11.1. The predicted octanol–water partition coefficient (Wildman–Crippen LogP) is 2.51. The lowest BCUT2D eigenvalue weighted by atomic mass is 9.99. The molecule has 90 valence electrons. The SMILES string of the molecule is O=C(C1C2CCCC21)N1CCCC(CCl)C1. The van der Waals surface area contributed by atoms with E-state index < -0.39 is 0 Å². The summed E-state index contributed by atoms with van der Waals surface area (Å²) in [4.78, 5) is 14.4. The van der Waals surface area contributed by atoms with E-state index in [0.29, 0.717) is 23.6 Å². The number of carbonyl (C=O) groups is 1. The topological polar surface area (TPSA) is 20.3 Å². The highest BCUT2D eigenvalue weighted by molar-refractivity contribution is 6.18. The molecule has 0 aromatic carbocycles. The lowest BCUT2D eigenvalue weighted by Gasteiger charge is -2.32. The second kappa shape index (κ2) is 4.21. The normalized spacial score (nSPS) is 41.9. The first-order valence-corrected chi connectivity index (χ1v) is 7.19. The first-order chi connectivity index (χ1) is 7.81. The Morgan fingerprint density at radius 1 is 1.19 bits per heavy atom. The summed E-state index contributed by atoms with van der Waals surface area (Å²) in [6.45, 7) is 1.89. The standard InChI is InChI=1S/C13H20ClNO/c14-7-9-3-2-6-15(8-9)13(16)12-10-4-1-5-11(10)12/h9-12H,1-8H2. The van der Waals surface area contributed by atoms with Gasteiger partial charge in [0.1, 0.15) is 0 Å². The van der Waals surface area contributed by atoms with Gasteiger partial charge in [-0.05, 0) is 43.4 Å². The van der Waals surface area contributed by atoms with E-state index in [1.54, 1.807) is 0 Å². The van der Waals surface area contributed by atoms with E-state index in [1.165, 1.54) is 25.7 Å². The van der Waals surface area contributed by atoms with Gasteiger partial charge in [-0.15, -0.1) is 11.6 Å². The van der Waals surface area contributed by atoms with Gasteiger partial charge in [0.05, 0.1) is 0 Å². The fraction of sp³-hybridized carbons (Fsp3) is 0.923. The summed E-state index contributed by atoms with van der Waals surface area (Å²) in [6.07, 6.45) is 6.29. The van der Waals surface area contributed by atoms with E-state index in [0.717, 1.165) is 31.3 Å². The summed E-state index contributed by atoms with van der Waals surface area (Å²) < 4.78 is 0. The molecule has 0 bridgehead atoms. The Kier molecular flexibility index (Phi) is 2.87. The van der Waals surface area contributed by atoms with Crippen molar-refractivity contribution in [2.24, 2.45) is 23.7 Å². The first kappa shape index (κ1) is 10.9. The molecular weight excluding hydrogens is 222 g/mol. The van der Waals surface area contributed by atoms with Crippen LogP contribution in [0.3, 0.4) is 0 Å². The summed E-state index contributed by atoms with van der Waals surface area (Å²) in [6, 6.07) is 0. The Labute approximate surface area is 102 Å². The van der Waals surface area contributed by atoms with Crippen LogP contribution >= 0.6 is 11.6 Å². The number of amides is 1. The lowest BCUT2D eigenvalue weighted by Crippen LogP contribution is -2.41. The van der Waals surface area contributed by atoms with Crippen LogP contribution in [0.25, 0.3) is 0 Å². The molecule has 1 saturated heterocycles. The number of rotatable bonds is 2. The van der Waals surface area contributed by atoms with E-state index in [1.807, 2.05) is 0 Å². The fourth-order valence-corrected chi connectivity index (χ4v) is 4.04. The van der Waals surface area contributed by atoms with E-state index in [4.69, 9.17) is 11.6 Å². The molecule has 3 rings (SSSR count). The number of likely N-dealkylation sites (tertiary alicyclic amines) is 1. The van der Waals surface area contributed by atoms with Gasteiger partial charge in [0.15, 0.2) is 0 Å². The van der Waals surface area contributed by atoms with Crippen LogP contribution in [0.4, 0.5) is 0 Å². The molecule has 3 unspecified atom stereocenters. The van der Waals surface area contributed by atoms with Crippen molar-refractivity contribution in [3.8, 4) is 0 Å². The monoisotopic (exact) mass is 241 g/mol. The van der Waals surface area contributed by atoms with Crippen LogP contribution in [0.15, 0.2) is 0 Å². The molecule has 2 saturated carbocycles. The van der Waals surface area contributed by atoms with Gasteiger partial charge in [0.25, 0.3) is 0 Å². The van der Waals surface area contributed by atoms with Crippen molar-refractivity contribution in [1.82, 2.24) is 4.90 Å². The van der Waals surface area contributed by atoms with Gasteiger partial charge in [-0.2, -0.15) is 0 Å². The average Bonchev–Trinajstić information content (AvgIpc) is 2.81. The molecule has 1 amide bonds. The van der Waals surface area contributed by atoms with E-state index in [9.17, 15) is 4.79 Å². The smallest absolute Gasteiger partial charge is 0.226 e. The molecule has 1 aliphatic heterocycles. The van der Waals surface area contributed by atoms with Gasteiger partial charge in [0, 0.05) is 24.9 Å². The van der Waals surface area contributed by atoms with Gasteiger partial charge in [-0.25, -0.2) is 0 Å². The Balaban J connectivity index is 1.58. The summed E-state index contributed by atoms with van der Waals surface area (Å²) >= 11 is 5.90.